The zero-order valence-electron chi connectivity index (χ0n) is 10.3. The maximum absolute atomic E-state index is 11.8. The van der Waals surface area contributed by atoms with Crippen molar-refractivity contribution < 1.29 is 4.79 Å². The van der Waals surface area contributed by atoms with Gasteiger partial charge in [-0.15, -0.1) is 0 Å². The van der Waals surface area contributed by atoms with Crippen LogP contribution in [0.25, 0.3) is 0 Å². The van der Waals surface area contributed by atoms with Gasteiger partial charge in [0.15, 0.2) is 0 Å². The third-order valence-corrected chi connectivity index (χ3v) is 2.96. The fourth-order valence-corrected chi connectivity index (χ4v) is 1.27. The maximum Gasteiger partial charge on any atom is 0.225 e. The van der Waals surface area contributed by atoms with Crippen molar-refractivity contribution >= 4 is 5.91 Å². The van der Waals surface area contributed by atoms with E-state index in [0.29, 0.717) is 6.04 Å². The summed E-state index contributed by atoms with van der Waals surface area (Å²) in [6.45, 7) is 10.3. The zero-order valence-corrected chi connectivity index (χ0v) is 10.3. The van der Waals surface area contributed by atoms with Gasteiger partial charge in [-0.25, -0.2) is 0 Å². The van der Waals surface area contributed by atoms with Gasteiger partial charge in [-0.05, 0) is 19.3 Å². The second-order valence-electron chi connectivity index (χ2n) is 4.60. The second kappa shape index (κ2) is 6.05. The third-order valence-electron chi connectivity index (χ3n) is 2.96. The van der Waals surface area contributed by atoms with E-state index in [1.165, 1.54) is 0 Å². The first-order chi connectivity index (χ1) is 6.47. The summed E-state index contributed by atoms with van der Waals surface area (Å²) in [6.07, 6.45) is 4.13. The molecule has 2 heteroatoms. The van der Waals surface area contributed by atoms with E-state index < -0.39 is 0 Å². The molecule has 0 heterocycles. The van der Waals surface area contributed by atoms with Crippen molar-refractivity contribution in [3.05, 3.63) is 0 Å². The Balaban J connectivity index is 4.15. The van der Waals surface area contributed by atoms with Gasteiger partial charge in [0.05, 0.1) is 0 Å². The third kappa shape index (κ3) is 4.12. The van der Waals surface area contributed by atoms with Crippen LogP contribution < -0.4 is 5.32 Å². The van der Waals surface area contributed by atoms with Crippen LogP contribution in [-0.4, -0.2) is 11.9 Å². The Morgan fingerprint density at radius 3 is 2.21 bits per heavy atom. The topological polar surface area (TPSA) is 29.1 Å². The molecule has 0 aliphatic heterocycles. The normalized spacial score (nSPS) is 13.8. The lowest BCUT2D eigenvalue weighted by Gasteiger charge is -2.25. The molecule has 1 amide bonds. The second-order valence-corrected chi connectivity index (χ2v) is 4.60. The predicted octanol–water partition coefficient (Wildman–Crippen LogP) is 3.12. The van der Waals surface area contributed by atoms with E-state index in [4.69, 9.17) is 0 Å². The van der Waals surface area contributed by atoms with Crippen molar-refractivity contribution in [2.45, 2.75) is 66.3 Å². The molecule has 0 aliphatic rings. The SMILES string of the molecule is CCCC(CC)NC(=O)C(C)(C)CC. The molecule has 0 bridgehead atoms. The minimum Gasteiger partial charge on any atom is -0.353 e. The summed E-state index contributed by atoms with van der Waals surface area (Å²) in [5.74, 6) is 0.195. The van der Waals surface area contributed by atoms with Gasteiger partial charge in [0.2, 0.25) is 5.91 Å². The first-order valence-corrected chi connectivity index (χ1v) is 5.78. The zero-order chi connectivity index (χ0) is 11.2. The van der Waals surface area contributed by atoms with Crippen LogP contribution in [0.1, 0.15) is 60.3 Å². The number of hydrogen-bond acceptors (Lipinski definition) is 1. The largest absolute Gasteiger partial charge is 0.353 e. The molecule has 1 unspecified atom stereocenters. The van der Waals surface area contributed by atoms with Crippen molar-refractivity contribution in [3.63, 3.8) is 0 Å². The minimum absolute atomic E-state index is 0.195. The Morgan fingerprint density at radius 2 is 1.86 bits per heavy atom. The van der Waals surface area contributed by atoms with Gasteiger partial charge in [-0.1, -0.05) is 41.0 Å². The Kier molecular flexibility index (Phi) is 5.82. The Labute approximate surface area is 88.5 Å². The van der Waals surface area contributed by atoms with Crippen LogP contribution in [0.5, 0.6) is 0 Å². The molecule has 0 saturated heterocycles. The van der Waals surface area contributed by atoms with Gasteiger partial charge in [0.1, 0.15) is 0 Å². The van der Waals surface area contributed by atoms with E-state index in [1.54, 1.807) is 0 Å². The quantitative estimate of drug-likeness (QED) is 0.699. The lowest BCUT2D eigenvalue weighted by atomic mass is 9.88. The molecular formula is C12H25NO. The highest BCUT2D eigenvalue weighted by Crippen LogP contribution is 2.20. The first kappa shape index (κ1) is 13.5. The Morgan fingerprint density at radius 1 is 1.29 bits per heavy atom. The standard InChI is InChI=1S/C12H25NO/c1-6-9-10(7-2)13-11(14)12(4,5)8-3/h10H,6-9H2,1-5H3,(H,13,14). The van der Waals surface area contributed by atoms with Crippen LogP contribution in [0.2, 0.25) is 0 Å². The van der Waals surface area contributed by atoms with Crippen molar-refractivity contribution in [1.82, 2.24) is 5.32 Å². The molecule has 14 heavy (non-hydrogen) atoms. The lowest BCUT2D eigenvalue weighted by molar-refractivity contribution is -0.130. The smallest absolute Gasteiger partial charge is 0.225 e. The highest BCUT2D eigenvalue weighted by molar-refractivity contribution is 5.81. The van der Waals surface area contributed by atoms with Gasteiger partial charge in [-0.3, -0.25) is 4.79 Å². The highest BCUT2D eigenvalue weighted by Gasteiger charge is 2.26. The van der Waals surface area contributed by atoms with Crippen LogP contribution >= 0.6 is 0 Å². The van der Waals surface area contributed by atoms with Gasteiger partial charge >= 0.3 is 0 Å². The molecule has 0 fully saturated rings. The predicted molar refractivity (Wildman–Crippen MR) is 61.2 cm³/mol. The first-order valence-electron chi connectivity index (χ1n) is 5.78. The average Bonchev–Trinajstić information content (AvgIpc) is 2.16. The molecule has 0 rings (SSSR count). The van der Waals surface area contributed by atoms with Crippen LogP contribution in [0.4, 0.5) is 0 Å². The Hall–Kier alpha value is -0.530. The molecule has 0 aromatic carbocycles. The molecule has 0 aromatic heterocycles. The number of carbonyl (C=O) groups excluding carboxylic acids is 1. The van der Waals surface area contributed by atoms with Crippen LogP contribution in [0.15, 0.2) is 0 Å². The number of nitrogens with one attached hydrogen (secondary N) is 1. The van der Waals surface area contributed by atoms with E-state index in [2.05, 4.69) is 26.1 Å². The van der Waals surface area contributed by atoms with Gasteiger partial charge < -0.3 is 5.32 Å². The van der Waals surface area contributed by atoms with Crippen LogP contribution in [0, 0.1) is 5.41 Å². The number of rotatable bonds is 6. The monoisotopic (exact) mass is 199 g/mol. The van der Waals surface area contributed by atoms with E-state index in [-0.39, 0.29) is 11.3 Å². The molecular weight excluding hydrogens is 174 g/mol. The van der Waals surface area contributed by atoms with Gasteiger partial charge in [0, 0.05) is 11.5 Å². The van der Waals surface area contributed by atoms with Crippen LogP contribution in [0.3, 0.4) is 0 Å². The number of carbonyl (C=O) groups is 1. The number of hydrogen-bond donors (Lipinski definition) is 1. The fraction of sp³-hybridized carbons (Fsp3) is 0.917. The molecule has 0 radical (unpaired) electrons. The lowest BCUT2D eigenvalue weighted by Crippen LogP contribution is -2.42. The molecule has 0 aromatic rings. The molecule has 84 valence electrons. The fourth-order valence-electron chi connectivity index (χ4n) is 1.27. The van der Waals surface area contributed by atoms with Crippen molar-refractivity contribution in [2.75, 3.05) is 0 Å². The molecule has 1 atom stereocenters. The minimum atomic E-state index is -0.221. The van der Waals surface area contributed by atoms with Crippen molar-refractivity contribution in [3.8, 4) is 0 Å². The van der Waals surface area contributed by atoms with E-state index >= 15 is 0 Å². The van der Waals surface area contributed by atoms with E-state index in [9.17, 15) is 4.79 Å². The Bertz CT molecular complexity index is 175. The molecule has 0 saturated carbocycles. The molecule has 0 aliphatic carbocycles. The van der Waals surface area contributed by atoms with E-state index in [0.717, 1.165) is 25.7 Å². The maximum atomic E-state index is 11.8. The summed E-state index contributed by atoms with van der Waals surface area (Å²) in [5.41, 5.74) is -0.221. The molecule has 1 N–H and O–H groups in total. The summed E-state index contributed by atoms with van der Waals surface area (Å²) >= 11 is 0. The molecule has 2 nitrogen and oxygen atoms in total. The summed E-state index contributed by atoms with van der Waals surface area (Å²) in [6, 6.07) is 0.360. The average molecular weight is 199 g/mol. The van der Waals surface area contributed by atoms with Crippen molar-refractivity contribution in [2.24, 2.45) is 5.41 Å². The summed E-state index contributed by atoms with van der Waals surface area (Å²) in [4.78, 5) is 11.8. The van der Waals surface area contributed by atoms with Gasteiger partial charge in [-0.2, -0.15) is 0 Å². The highest BCUT2D eigenvalue weighted by atomic mass is 16.2. The summed E-state index contributed by atoms with van der Waals surface area (Å²) in [5, 5.41) is 3.12. The van der Waals surface area contributed by atoms with Gasteiger partial charge in [0.25, 0.3) is 0 Å². The summed E-state index contributed by atoms with van der Waals surface area (Å²) < 4.78 is 0. The van der Waals surface area contributed by atoms with Crippen LogP contribution in [-0.2, 0) is 4.79 Å². The number of amides is 1. The summed E-state index contributed by atoms with van der Waals surface area (Å²) in [7, 11) is 0. The van der Waals surface area contributed by atoms with Crippen molar-refractivity contribution in [1.29, 1.82) is 0 Å². The van der Waals surface area contributed by atoms with E-state index in [1.807, 2.05) is 13.8 Å². The molecule has 0 spiro atoms.